The van der Waals surface area contributed by atoms with Gasteiger partial charge in [-0.3, -0.25) is 0 Å². The van der Waals surface area contributed by atoms with Crippen LogP contribution in [-0.4, -0.2) is 43.3 Å². The number of hydrogen-bond acceptors (Lipinski definition) is 7. The summed E-state index contributed by atoms with van der Waals surface area (Å²) in [7, 11) is 0. The van der Waals surface area contributed by atoms with Crippen LogP contribution in [0.2, 0.25) is 0 Å². The molecule has 0 atom stereocenters. The average molecular weight is 330 g/mol. The molecule has 0 radical (unpaired) electrons. The van der Waals surface area contributed by atoms with Crippen molar-refractivity contribution in [3.8, 4) is 5.75 Å². The summed E-state index contributed by atoms with van der Waals surface area (Å²) in [5, 5.41) is 0.949. The van der Waals surface area contributed by atoms with Crippen molar-refractivity contribution in [1.82, 2.24) is 0 Å². The number of carbonyl (C=O) groups is 1. The molecule has 1 fully saturated rings. The van der Waals surface area contributed by atoms with Crippen molar-refractivity contribution in [1.29, 1.82) is 0 Å². The van der Waals surface area contributed by atoms with Gasteiger partial charge in [-0.05, 0) is 20.8 Å². The summed E-state index contributed by atoms with van der Waals surface area (Å²) in [5.41, 5.74) is 6.55. The third kappa shape index (κ3) is 3.77. The van der Waals surface area contributed by atoms with Crippen molar-refractivity contribution in [3.05, 3.63) is 4.88 Å². The van der Waals surface area contributed by atoms with Gasteiger partial charge in [0.2, 0.25) is 0 Å². The third-order valence-electron chi connectivity index (χ3n) is 2.99. The van der Waals surface area contributed by atoms with Crippen LogP contribution in [0.5, 0.6) is 5.75 Å². The summed E-state index contributed by atoms with van der Waals surface area (Å²) in [6, 6.07) is 0. The molecular weight excluding hydrogens is 308 g/mol. The number of thioether (sulfide) groups is 1. The van der Waals surface area contributed by atoms with Crippen LogP contribution in [0, 0.1) is 0 Å². The van der Waals surface area contributed by atoms with Crippen molar-refractivity contribution in [3.63, 3.8) is 0 Å². The smallest absolute Gasteiger partial charge is 0.350 e. The highest BCUT2D eigenvalue weighted by Gasteiger charge is 2.27. The van der Waals surface area contributed by atoms with E-state index in [1.165, 1.54) is 11.3 Å². The molecule has 0 unspecified atom stereocenters. The molecule has 118 valence electrons. The van der Waals surface area contributed by atoms with E-state index < -0.39 is 0 Å². The molecule has 2 rings (SSSR count). The molecule has 1 aromatic heterocycles. The van der Waals surface area contributed by atoms with Crippen LogP contribution in [0.15, 0.2) is 0 Å². The average Bonchev–Trinajstić information content (AvgIpc) is 2.77. The van der Waals surface area contributed by atoms with Crippen LogP contribution in [0.4, 0.5) is 10.7 Å². The van der Waals surface area contributed by atoms with Crippen molar-refractivity contribution in [2.75, 3.05) is 41.8 Å². The Bertz CT molecular complexity index is 497. The minimum absolute atomic E-state index is 0.00913. The maximum Gasteiger partial charge on any atom is 0.350 e. The predicted octanol–water partition coefficient (Wildman–Crippen LogP) is 2.85. The highest BCUT2D eigenvalue weighted by Crippen LogP contribution is 2.46. The summed E-state index contributed by atoms with van der Waals surface area (Å²) < 4.78 is 11.0. The molecule has 2 N–H and O–H groups in total. The zero-order valence-electron chi connectivity index (χ0n) is 12.7. The van der Waals surface area contributed by atoms with Gasteiger partial charge in [0.15, 0.2) is 5.75 Å². The molecule has 5 nitrogen and oxygen atoms in total. The number of nitrogens with zero attached hydrogens (tertiary/aromatic N) is 1. The van der Waals surface area contributed by atoms with E-state index in [9.17, 15) is 4.79 Å². The Hall–Kier alpha value is -1.08. The molecule has 0 saturated carbocycles. The second-order valence-electron chi connectivity index (χ2n) is 4.97. The lowest BCUT2D eigenvalue weighted by atomic mass is 10.3. The Balaban J connectivity index is 2.36. The van der Waals surface area contributed by atoms with E-state index in [4.69, 9.17) is 15.2 Å². The minimum Gasteiger partial charge on any atom is -0.486 e. The van der Waals surface area contributed by atoms with E-state index >= 15 is 0 Å². The van der Waals surface area contributed by atoms with Gasteiger partial charge in [0.05, 0.1) is 12.7 Å². The summed E-state index contributed by atoms with van der Waals surface area (Å²) in [5.74, 6) is 2.41. The molecule has 7 heteroatoms. The number of anilines is 2. The number of thiophene rings is 1. The number of esters is 1. The Kier molecular flexibility index (Phi) is 5.64. The molecule has 1 aliphatic rings. The maximum atomic E-state index is 12.0. The van der Waals surface area contributed by atoms with Gasteiger partial charge in [-0.25, -0.2) is 4.79 Å². The van der Waals surface area contributed by atoms with E-state index in [0.717, 1.165) is 29.6 Å². The van der Waals surface area contributed by atoms with Crippen molar-refractivity contribution < 1.29 is 14.3 Å². The maximum absolute atomic E-state index is 12.0. The molecule has 1 aliphatic heterocycles. The van der Waals surface area contributed by atoms with Crippen LogP contribution in [0.25, 0.3) is 0 Å². The molecule has 0 amide bonds. The number of carbonyl (C=O) groups excluding carboxylic acids is 1. The molecule has 21 heavy (non-hydrogen) atoms. The van der Waals surface area contributed by atoms with Gasteiger partial charge in [0, 0.05) is 24.6 Å². The lowest BCUT2D eigenvalue weighted by Gasteiger charge is -2.28. The second kappa shape index (κ2) is 7.26. The summed E-state index contributed by atoms with van der Waals surface area (Å²) in [6.45, 7) is 7.93. The predicted molar refractivity (Wildman–Crippen MR) is 90.0 cm³/mol. The summed E-state index contributed by atoms with van der Waals surface area (Å²) in [4.78, 5) is 14.7. The Morgan fingerprint density at radius 3 is 2.62 bits per heavy atom. The number of ether oxygens (including phenoxy) is 2. The molecule has 0 aliphatic carbocycles. The van der Waals surface area contributed by atoms with Crippen LogP contribution in [0.1, 0.15) is 30.4 Å². The van der Waals surface area contributed by atoms with Gasteiger partial charge in [-0.15, -0.1) is 11.3 Å². The van der Waals surface area contributed by atoms with E-state index in [1.54, 1.807) is 6.92 Å². The SMILES string of the molecule is CCOC(=O)c1sc(N2CCSCC2)c(OC(C)C)c1N. The van der Waals surface area contributed by atoms with Crippen molar-refractivity contribution >= 4 is 39.8 Å². The van der Waals surface area contributed by atoms with Gasteiger partial charge >= 0.3 is 5.97 Å². The Labute approximate surface area is 133 Å². The number of hydrogen-bond donors (Lipinski definition) is 1. The summed E-state index contributed by atoms with van der Waals surface area (Å²) >= 11 is 3.31. The first kappa shape index (κ1) is 16.3. The second-order valence-corrected chi connectivity index (χ2v) is 7.19. The zero-order chi connectivity index (χ0) is 15.4. The molecule has 0 bridgehead atoms. The normalized spacial score (nSPS) is 15.3. The molecule has 0 aromatic carbocycles. The van der Waals surface area contributed by atoms with Gasteiger partial charge in [0.1, 0.15) is 15.6 Å². The Morgan fingerprint density at radius 2 is 2.05 bits per heavy atom. The number of nitrogen functional groups attached to an aromatic ring is 1. The van der Waals surface area contributed by atoms with Gasteiger partial charge in [-0.1, -0.05) is 0 Å². The lowest BCUT2D eigenvalue weighted by molar-refractivity contribution is 0.0533. The van der Waals surface area contributed by atoms with E-state index in [-0.39, 0.29) is 12.1 Å². The van der Waals surface area contributed by atoms with E-state index in [1.807, 2.05) is 25.6 Å². The fourth-order valence-electron chi connectivity index (χ4n) is 2.09. The first-order valence-corrected chi connectivity index (χ1v) is 9.10. The molecule has 0 spiro atoms. The van der Waals surface area contributed by atoms with Crippen LogP contribution in [0.3, 0.4) is 0 Å². The first-order chi connectivity index (χ1) is 10.0. The lowest BCUT2D eigenvalue weighted by Crippen LogP contribution is -2.32. The van der Waals surface area contributed by atoms with E-state index in [2.05, 4.69) is 4.90 Å². The third-order valence-corrected chi connectivity index (χ3v) is 5.17. The topological polar surface area (TPSA) is 64.8 Å². The molecule has 2 heterocycles. The highest BCUT2D eigenvalue weighted by molar-refractivity contribution is 7.99. The molecular formula is C14H22N2O3S2. The van der Waals surface area contributed by atoms with Gasteiger partial charge in [0.25, 0.3) is 0 Å². The monoisotopic (exact) mass is 330 g/mol. The molecule has 1 saturated heterocycles. The largest absolute Gasteiger partial charge is 0.486 e. The summed E-state index contributed by atoms with van der Waals surface area (Å²) in [6.07, 6.45) is 0.00913. The van der Waals surface area contributed by atoms with Crippen molar-refractivity contribution in [2.24, 2.45) is 0 Å². The van der Waals surface area contributed by atoms with E-state index in [0.29, 0.717) is 22.9 Å². The van der Waals surface area contributed by atoms with Crippen molar-refractivity contribution in [2.45, 2.75) is 26.9 Å². The van der Waals surface area contributed by atoms with Gasteiger partial charge in [-0.2, -0.15) is 11.8 Å². The fraction of sp³-hybridized carbons (Fsp3) is 0.643. The number of nitrogens with two attached hydrogens (primary N) is 1. The quantitative estimate of drug-likeness (QED) is 0.838. The van der Waals surface area contributed by atoms with Gasteiger partial charge < -0.3 is 20.1 Å². The number of rotatable bonds is 5. The first-order valence-electron chi connectivity index (χ1n) is 7.13. The zero-order valence-corrected chi connectivity index (χ0v) is 14.3. The van der Waals surface area contributed by atoms with Crippen LogP contribution in [-0.2, 0) is 4.74 Å². The van der Waals surface area contributed by atoms with Crippen LogP contribution >= 0.6 is 23.1 Å². The Morgan fingerprint density at radius 1 is 1.38 bits per heavy atom. The molecule has 1 aromatic rings. The minimum atomic E-state index is -0.369. The van der Waals surface area contributed by atoms with Crippen LogP contribution < -0.4 is 15.4 Å². The standard InChI is InChI=1S/C14H22N2O3S2/c1-4-18-14(17)12-10(15)11(19-9(2)3)13(21-12)16-5-7-20-8-6-16/h9H,4-8,15H2,1-3H3. The highest BCUT2D eigenvalue weighted by atomic mass is 32.2. The fourth-order valence-corrected chi connectivity index (χ4v) is 4.09.